The van der Waals surface area contributed by atoms with Gasteiger partial charge in [-0.15, -0.1) is 0 Å². The molecule has 0 amide bonds. The average Bonchev–Trinajstić information content (AvgIpc) is 3.09. The lowest BCUT2D eigenvalue weighted by Gasteiger charge is -2.44. The first kappa shape index (κ1) is 13.6. The maximum atomic E-state index is 13.1. The summed E-state index contributed by atoms with van der Waals surface area (Å²) >= 11 is 0. The molecule has 3 fully saturated rings. The molecule has 4 unspecified atom stereocenters. The van der Waals surface area contributed by atoms with Crippen LogP contribution >= 0.6 is 0 Å². The van der Waals surface area contributed by atoms with Gasteiger partial charge in [0.15, 0.2) is 5.78 Å². The quantitative estimate of drug-likeness (QED) is 0.782. The second-order valence-electron chi connectivity index (χ2n) is 6.87. The zero-order valence-electron chi connectivity index (χ0n) is 12.4. The minimum Gasteiger partial charge on any atom is -0.379 e. The summed E-state index contributed by atoms with van der Waals surface area (Å²) in [6.45, 7) is 7.72. The molecule has 3 nitrogen and oxygen atoms in total. The molecule has 2 saturated carbocycles. The van der Waals surface area contributed by atoms with E-state index in [0.717, 1.165) is 38.6 Å². The third-order valence-electron chi connectivity index (χ3n) is 6.00. The van der Waals surface area contributed by atoms with E-state index >= 15 is 0 Å². The van der Waals surface area contributed by atoms with Crippen molar-refractivity contribution in [3.63, 3.8) is 0 Å². The summed E-state index contributed by atoms with van der Waals surface area (Å²) in [5, 5.41) is 0. The van der Waals surface area contributed by atoms with Gasteiger partial charge in [-0.05, 0) is 44.4 Å². The first-order valence-electron chi connectivity index (χ1n) is 8.02. The van der Waals surface area contributed by atoms with Crippen LogP contribution < -0.4 is 0 Å². The molecule has 0 radical (unpaired) electrons. The van der Waals surface area contributed by atoms with Crippen LogP contribution in [0.4, 0.5) is 0 Å². The Morgan fingerprint density at radius 2 is 2.00 bits per heavy atom. The summed E-state index contributed by atoms with van der Waals surface area (Å²) in [4.78, 5) is 15.5. The van der Waals surface area contributed by atoms with Gasteiger partial charge in [-0.1, -0.05) is 13.3 Å². The largest absolute Gasteiger partial charge is 0.379 e. The molecule has 0 aromatic heterocycles. The second-order valence-corrected chi connectivity index (χ2v) is 6.87. The highest BCUT2D eigenvalue weighted by Gasteiger charge is 2.49. The van der Waals surface area contributed by atoms with Crippen LogP contribution in [0.25, 0.3) is 0 Å². The molecule has 1 heterocycles. The molecule has 3 aliphatic rings. The molecule has 19 heavy (non-hydrogen) atoms. The van der Waals surface area contributed by atoms with Crippen LogP contribution in [0.1, 0.15) is 46.0 Å². The Kier molecular flexibility index (Phi) is 3.69. The number of ketones is 1. The van der Waals surface area contributed by atoms with Gasteiger partial charge in [-0.2, -0.15) is 0 Å². The number of fused-ring (bicyclic) bond motifs is 2. The van der Waals surface area contributed by atoms with Crippen molar-refractivity contribution in [2.24, 2.45) is 17.8 Å². The maximum Gasteiger partial charge on any atom is 0.156 e. The van der Waals surface area contributed by atoms with Gasteiger partial charge in [0, 0.05) is 19.0 Å². The van der Waals surface area contributed by atoms with E-state index in [9.17, 15) is 4.79 Å². The zero-order valence-corrected chi connectivity index (χ0v) is 12.4. The third kappa shape index (κ3) is 2.25. The Morgan fingerprint density at radius 1 is 1.26 bits per heavy atom. The summed E-state index contributed by atoms with van der Waals surface area (Å²) in [5.41, 5.74) is -0.251. The van der Waals surface area contributed by atoms with Crippen molar-refractivity contribution in [1.29, 1.82) is 0 Å². The number of morpholine rings is 1. The summed E-state index contributed by atoms with van der Waals surface area (Å²) < 4.78 is 5.44. The number of hydrogen-bond acceptors (Lipinski definition) is 3. The molecule has 1 aliphatic heterocycles. The molecule has 0 N–H and O–H groups in total. The van der Waals surface area contributed by atoms with Gasteiger partial charge in [0.2, 0.25) is 0 Å². The molecule has 4 atom stereocenters. The van der Waals surface area contributed by atoms with Crippen molar-refractivity contribution in [1.82, 2.24) is 4.90 Å². The highest BCUT2D eigenvalue weighted by atomic mass is 16.5. The van der Waals surface area contributed by atoms with Crippen molar-refractivity contribution in [2.45, 2.75) is 51.5 Å². The monoisotopic (exact) mass is 265 g/mol. The first-order chi connectivity index (χ1) is 9.15. The summed E-state index contributed by atoms with van der Waals surface area (Å²) in [6, 6.07) is 0. The molecular weight excluding hydrogens is 238 g/mol. The molecule has 3 heteroatoms. The molecule has 108 valence electrons. The Balaban J connectivity index is 1.75. The van der Waals surface area contributed by atoms with Crippen molar-refractivity contribution in [3.8, 4) is 0 Å². The van der Waals surface area contributed by atoms with E-state index in [0.29, 0.717) is 17.6 Å². The lowest BCUT2D eigenvalue weighted by molar-refractivity contribution is -0.139. The first-order valence-corrected chi connectivity index (χ1v) is 8.02. The Labute approximate surface area is 116 Å². The van der Waals surface area contributed by atoms with Crippen molar-refractivity contribution >= 4 is 5.78 Å². The van der Waals surface area contributed by atoms with Crippen LogP contribution in [0.2, 0.25) is 0 Å². The predicted molar refractivity (Wildman–Crippen MR) is 75.0 cm³/mol. The molecule has 1 saturated heterocycles. The number of rotatable bonds is 4. The van der Waals surface area contributed by atoms with E-state index in [1.165, 1.54) is 25.7 Å². The molecule has 2 aliphatic carbocycles. The molecule has 2 bridgehead atoms. The van der Waals surface area contributed by atoms with Gasteiger partial charge in [-0.25, -0.2) is 0 Å². The van der Waals surface area contributed by atoms with Crippen molar-refractivity contribution < 1.29 is 9.53 Å². The Hall–Kier alpha value is -0.410. The van der Waals surface area contributed by atoms with E-state index in [-0.39, 0.29) is 5.54 Å². The summed E-state index contributed by atoms with van der Waals surface area (Å²) in [7, 11) is 0. The smallest absolute Gasteiger partial charge is 0.156 e. The minimum atomic E-state index is -0.251. The van der Waals surface area contributed by atoms with E-state index in [4.69, 9.17) is 4.74 Å². The number of hydrogen-bond donors (Lipinski definition) is 0. The van der Waals surface area contributed by atoms with Crippen molar-refractivity contribution in [2.75, 3.05) is 26.3 Å². The van der Waals surface area contributed by atoms with E-state index in [1.54, 1.807) is 0 Å². The lowest BCUT2D eigenvalue weighted by Crippen LogP contribution is -2.58. The van der Waals surface area contributed by atoms with Crippen LogP contribution in [-0.4, -0.2) is 42.5 Å². The minimum absolute atomic E-state index is 0.251. The highest BCUT2D eigenvalue weighted by molar-refractivity contribution is 5.90. The van der Waals surface area contributed by atoms with Gasteiger partial charge in [0.05, 0.1) is 18.8 Å². The fourth-order valence-electron chi connectivity index (χ4n) is 4.58. The molecule has 0 spiro atoms. The third-order valence-corrected chi connectivity index (χ3v) is 6.00. The van der Waals surface area contributed by atoms with E-state index in [2.05, 4.69) is 18.7 Å². The topological polar surface area (TPSA) is 29.5 Å². The number of carbonyl (C=O) groups is 1. The lowest BCUT2D eigenvalue weighted by atomic mass is 9.76. The number of nitrogens with zero attached hydrogens (tertiary/aromatic N) is 1. The van der Waals surface area contributed by atoms with Gasteiger partial charge >= 0.3 is 0 Å². The van der Waals surface area contributed by atoms with Gasteiger partial charge in [0.1, 0.15) is 0 Å². The Morgan fingerprint density at radius 3 is 2.53 bits per heavy atom. The fraction of sp³-hybridized carbons (Fsp3) is 0.938. The molecule has 0 aromatic carbocycles. The van der Waals surface area contributed by atoms with Crippen LogP contribution in [-0.2, 0) is 9.53 Å². The SMILES string of the molecule is CCC(C)(C(=O)C1CC2CCC1C2)N1CCOCC1. The Bertz CT molecular complexity index is 351. The molecule has 3 rings (SSSR count). The average molecular weight is 265 g/mol. The summed E-state index contributed by atoms with van der Waals surface area (Å²) in [5.74, 6) is 2.44. The number of carbonyl (C=O) groups excluding carboxylic acids is 1. The fourth-order valence-corrected chi connectivity index (χ4v) is 4.58. The maximum absolute atomic E-state index is 13.1. The highest BCUT2D eigenvalue weighted by Crippen LogP contribution is 2.50. The van der Waals surface area contributed by atoms with Crippen LogP contribution in [0.15, 0.2) is 0 Å². The molecule has 0 aromatic rings. The molecular formula is C16H27NO2. The van der Waals surface area contributed by atoms with E-state index < -0.39 is 0 Å². The van der Waals surface area contributed by atoms with Crippen LogP contribution in [0.5, 0.6) is 0 Å². The summed E-state index contributed by atoms with van der Waals surface area (Å²) in [6.07, 6.45) is 6.08. The number of ether oxygens (including phenoxy) is 1. The van der Waals surface area contributed by atoms with Gasteiger partial charge in [-0.3, -0.25) is 9.69 Å². The standard InChI is InChI=1S/C16H27NO2/c1-3-16(2,17-6-8-19-9-7-17)15(18)14-11-12-4-5-13(14)10-12/h12-14H,3-11H2,1-2H3. The normalized spacial score (nSPS) is 38.3. The van der Waals surface area contributed by atoms with Gasteiger partial charge in [0.25, 0.3) is 0 Å². The van der Waals surface area contributed by atoms with Gasteiger partial charge < -0.3 is 4.74 Å². The zero-order chi connectivity index (χ0) is 13.5. The van der Waals surface area contributed by atoms with Crippen molar-refractivity contribution in [3.05, 3.63) is 0 Å². The van der Waals surface area contributed by atoms with Crippen LogP contribution in [0, 0.1) is 17.8 Å². The van der Waals surface area contributed by atoms with Crippen LogP contribution in [0.3, 0.4) is 0 Å². The second kappa shape index (κ2) is 5.17. The predicted octanol–water partition coefficient (Wildman–Crippen LogP) is 2.49. The number of Topliss-reactive ketones (excluding diaryl/α,β-unsaturated/α-hetero) is 1. The van der Waals surface area contributed by atoms with E-state index in [1.807, 2.05) is 0 Å².